The van der Waals surface area contributed by atoms with E-state index in [1.54, 1.807) is 19.1 Å². The minimum atomic E-state index is -0.300. The van der Waals surface area contributed by atoms with Gasteiger partial charge in [0.1, 0.15) is 18.9 Å². The third kappa shape index (κ3) is 3.51. The predicted molar refractivity (Wildman–Crippen MR) is 66.1 cm³/mol. The van der Waals surface area contributed by atoms with Crippen molar-refractivity contribution in [2.45, 2.75) is 6.92 Å². The van der Waals surface area contributed by atoms with Gasteiger partial charge in [-0.25, -0.2) is 4.39 Å². The van der Waals surface area contributed by atoms with E-state index in [4.69, 9.17) is 4.74 Å². The molecule has 0 aliphatic carbocycles. The molecule has 0 radical (unpaired) electrons. The number of benzene rings is 1. The second-order valence-electron chi connectivity index (χ2n) is 4.55. The Kier molecular flexibility index (Phi) is 4.28. The zero-order valence-corrected chi connectivity index (χ0v) is 10.5. The van der Waals surface area contributed by atoms with E-state index < -0.39 is 0 Å². The molecule has 0 atom stereocenters. The van der Waals surface area contributed by atoms with Crippen LogP contribution in [0.1, 0.15) is 5.56 Å². The number of halogens is 1. The molecule has 1 saturated heterocycles. The van der Waals surface area contributed by atoms with E-state index in [1.807, 2.05) is 0 Å². The third-order valence-corrected chi connectivity index (χ3v) is 3.07. The number of anilines is 1. The number of morpholine rings is 1. The zero-order valence-electron chi connectivity index (χ0n) is 10.5. The number of nitrogens with one attached hydrogen (secondary N) is 2. The SMILES string of the molecule is Cc1ccc(NC(=O)C[NH+]2CCOCC2)cc1F. The molecule has 0 saturated carbocycles. The Hall–Kier alpha value is -1.46. The lowest BCUT2D eigenvalue weighted by molar-refractivity contribution is -0.899. The quantitative estimate of drug-likeness (QED) is 0.795. The number of aryl methyl sites for hydroxylation is 1. The topological polar surface area (TPSA) is 42.8 Å². The fourth-order valence-corrected chi connectivity index (χ4v) is 1.94. The molecule has 0 bridgehead atoms. The average Bonchev–Trinajstić information content (AvgIpc) is 2.35. The molecule has 0 unspecified atom stereocenters. The van der Waals surface area contributed by atoms with Gasteiger partial charge in [0, 0.05) is 5.69 Å². The summed E-state index contributed by atoms with van der Waals surface area (Å²) in [7, 11) is 0. The number of rotatable bonds is 3. The van der Waals surface area contributed by atoms with Gasteiger partial charge < -0.3 is 15.0 Å². The number of ether oxygens (including phenoxy) is 1. The Morgan fingerprint density at radius 3 is 2.83 bits per heavy atom. The molecule has 0 aromatic heterocycles. The maximum atomic E-state index is 13.3. The Labute approximate surface area is 106 Å². The molecule has 1 aromatic rings. The summed E-state index contributed by atoms with van der Waals surface area (Å²) >= 11 is 0. The van der Waals surface area contributed by atoms with E-state index in [0.717, 1.165) is 13.1 Å². The van der Waals surface area contributed by atoms with E-state index in [9.17, 15) is 9.18 Å². The molecule has 0 spiro atoms. The van der Waals surface area contributed by atoms with Crippen molar-refractivity contribution in [2.75, 3.05) is 38.2 Å². The molecule has 2 rings (SSSR count). The van der Waals surface area contributed by atoms with Crippen LogP contribution in [0, 0.1) is 12.7 Å². The van der Waals surface area contributed by atoms with Crippen LogP contribution >= 0.6 is 0 Å². The van der Waals surface area contributed by atoms with Crippen molar-refractivity contribution in [3.05, 3.63) is 29.6 Å². The van der Waals surface area contributed by atoms with Crippen LogP contribution in [0.2, 0.25) is 0 Å². The summed E-state index contributed by atoms with van der Waals surface area (Å²) in [4.78, 5) is 13.0. The third-order valence-electron chi connectivity index (χ3n) is 3.07. The maximum Gasteiger partial charge on any atom is 0.279 e. The minimum absolute atomic E-state index is 0.0878. The molecule has 4 nitrogen and oxygen atoms in total. The van der Waals surface area contributed by atoms with Gasteiger partial charge in [-0.2, -0.15) is 0 Å². The maximum absolute atomic E-state index is 13.3. The fraction of sp³-hybridized carbons (Fsp3) is 0.462. The first-order valence-electron chi connectivity index (χ1n) is 6.12. The van der Waals surface area contributed by atoms with Crippen LogP contribution in [0.4, 0.5) is 10.1 Å². The summed E-state index contributed by atoms with van der Waals surface area (Å²) in [6.07, 6.45) is 0. The molecule has 5 heteroatoms. The van der Waals surface area contributed by atoms with Crippen molar-refractivity contribution in [1.82, 2.24) is 0 Å². The van der Waals surface area contributed by atoms with Crippen molar-refractivity contribution in [1.29, 1.82) is 0 Å². The molecule has 1 fully saturated rings. The second-order valence-corrected chi connectivity index (χ2v) is 4.55. The monoisotopic (exact) mass is 253 g/mol. The number of hydrogen-bond acceptors (Lipinski definition) is 2. The molecule has 1 aliphatic heterocycles. The van der Waals surface area contributed by atoms with Gasteiger partial charge in [0.2, 0.25) is 0 Å². The standard InChI is InChI=1S/C13H17FN2O2/c1-10-2-3-11(8-12(10)14)15-13(17)9-16-4-6-18-7-5-16/h2-3,8H,4-7,9H2,1H3,(H,15,17)/p+1. The lowest BCUT2D eigenvalue weighted by Crippen LogP contribution is -3.15. The van der Waals surface area contributed by atoms with Gasteiger partial charge in [-0.05, 0) is 24.6 Å². The summed E-state index contributed by atoms with van der Waals surface area (Å²) in [6.45, 7) is 5.17. The van der Waals surface area contributed by atoms with Crippen molar-refractivity contribution in [3.63, 3.8) is 0 Å². The molecule has 18 heavy (non-hydrogen) atoms. The van der Waals surface area contributed by atoms with Crippen LogP contribution < -0.4 is 10.2 Å². The Bertz CT molecular complexity index is 431. The first-order chi connectivity index (χ1) is 8.65. The van der Waals surface area contributed by atoms with Gasteiger partial charge in [-0.1, -0.05) is 6.07 Å². The first kappa shape index (κ1) is 13.0. The predicted octanol–water partition coefficient (Wildman–Crippen LogP) is -0.0123. The minimum Gasteiger partial charge on any atom is -0.370 e. The van der Waals surface area contributed by atoms with Crippen LogP contribution in [-0.2, 0) is 9.53 Å². The number of carbonyl (C=O) groups excluding carboxylic acids is 1. The van der Waals surface area contributed by atoms with Gasteiger partial charge in [0.15, 0.2) is 6.54 Å². The molecule has 2 N–H and O–H groups in total. The highest BCUT2D eigenvalue weighted by Gasteiger charge is 2.17. The van der Waals surface area contributed by atoms with Crippen LogP contribution in [0.5, 0.6) is 0 Å². The molecule has 98 valence electrons. The van der Waals surface area contributed by atoms with Gasteiger partial charge in [0.05, 0.1) is 13.2 Å². The van der Waals surface area contributed by atoms with Crippen molar-refractivity contribution < 1.29 is 18.8 Å². The first-order valence-corrected chi connectivity index (χ1v) is 6.12. The highest BCUT2D eigenvalue weighted by Crippen LogP contribution is 2.13. The van der Waals surface area contributed by atoms with Gasteiger partial charge in [-0.3, -0.25) is 4.79 Å². The largest absolute Gasteiger partial charge is 0.370 e. The van der Waals surface area contributed by atoms with Crippen molar-refractivity contribution >= 4 is 11.6 Å². The highest BCUT2D eigenvalue weighted by atomic mass is 19.1. The molecule has 1 heterocycles. The highest BCUT2D eigenvalue weighted by molar-refractivity contribution is 5.91. The average molecular weight is 253 g/mol. The van der Waals surface area contributed by atoms with Crippen LogP contribution in [0.15, 0.2) is 18.2 Å². The molecule has 1 aliphatic rings. The Morgan fingerprint density at radius 2 is 2.17 bits per heavy atom. The zero-order chi connectivity index (χ0) is 13.0. The molecule has 1 amide bonds. The smallest absolute Gasteiger partial charge is 0.279 e. The number of hydrogen-bond donors (Lipinski definition) is 2. The number of carbonyl (C=O) groups is 1. The molecular weight excluding hydrogens is 235 g/mol. The summed E-state index contributed by atoms with van der Waals surface area (Å²) in [5.41, 5.74) is 1.09. The second kappa shape index (κ2) is 5.93. The van der Waals surface area contributed by atoms with E-state index in [1.165, 1.54) is 11.0 Å². The van der Waals surface area contributed by atoms with E-state index in [2.05, 4.69) is 5.32 Å². The van der Waals surface area contributed by atoms with Crippen molar-refractivity contribution in [2.24, 2.45) is 0 Å². The summed E-state index contributed by atoms with van der Waals surface area (Å²) < 4.78 is 18.5. The van der Waals surface area contributed by atoms with Crippen LogP contribution in [0.3, 0.4) is 0 Å². The molecule has 1 aromatic carbocycles. The Morgan fingerprint density at radius 1 is 1.44 bits per heavy atom. The lowest BCUT2D eigenvalue weighted by atomic mass is 10.2. The normalized spacial score (nSPS) is 16.6. The van der Waals surface area contributed by atoms with Crippen molar-refractivity contribution in [3.8, 4) is 0 Å². The van der Waals surface area contributed by atoms with Gasteiger partial charge in [0.25, 0.3) is 5.91 Å². The summed E-state index contributed by atoms with van der Waals surface area (Å²) in [5.74, 6) is -0.387. The Balaban J connectivity index is 1.88. The molecular formula is C13H18FN2O2+. The number of quaternary nitrogens is 1. The van der Waals surface area contributed by atoms with Crippen LogP contribution in [0.25, 0.3) is 0 Å². The lowest BCUT2D eigenvalue weighted by Gasteiger charge is -2.23. The van der Waals surface area contributed by atoms with Gasteiger partial charge in [-0.15, -0.1) is 0 Å². The summed E-state index contributed by atoms with van der Waals surface area (Å²) in [6, 6.07) is 4.72. The fourth-order valence-electron chi connectivity index (χ4n) is 1.94. The number of amides is 1. The van der Waals surface area contributed by atoms with Crippen LogP contribution in [-0.4, -0.2) is 38.8 Å². The summed E-state index contributed by atoms with van der Waals surface area (Å²) in [5, 5.41) is 2.72. The van der Waals surface area contributed by atoms with E-state index in [0.29, 0.717) is 31.0 Å². The van der Waals surface area contributed by atoms with E-state index in [-0.39, 0.29) is 11.7 Å². The van der Waals surface area contributed by atoms with E-state index >= 15 is 0 Å². The van der Waals surface area contributed by atoms with Gasteiger partial charge >= 0.3 is 0 Å².